The lowest BCUT2D eigenvalue weighted by Gasteiger charge is -2.09. The van der Waals surface area contributed by atoms with Crippen molar-refractivity contribution in [2.45, 2.75) is 11.7 Å². The molecule has 1 heterocycles. The van der Waals surface area contributed by atoms with Crippen molar-refractivity contribution in [1.29, 1.82) is 0 Å². The van der Waals surface area contributed by atoms with E-state index in [9.17, 15) is 4.79 Å². The first kappa shape index (κ1) is 14.5. The van der Waals surface area contributed by atoms with Crippen LogP contribution in [0.25, 0.3) is 0 Å². The lowest BCUT2D eigenvalue weighted by molar-refractivity contribution is -0.118. The minimum Gasteiger partial charge on any atom is -0.496 e. The molecule has 6 heteroatoms. The summed E-state index contributed by atoms with van der Waals surface area (Å²) in [5.41, 5.74) is 0.963. The van der Waals surface area contributed by atoms with E-state index in [0.717, 1.165) is 16.5 Å². The van der Waals surface area contributed by atoms with Crippen LogP contribution in [0.4, 0.5) is 0 Å². The minimum absolute atomic E-state index is 0.0242. The number of nitrogens with one attached hydrogen (secondary N) is 1. The number of imidazole rings is 1. The van der Waals surface area contributed by atoms with Gasteiger partial charge in [-0.15, -0.1) is 0 Å². The van der Waals surface area contributed by atoms with Crippen LogP contribution in [0.15, 0.2) is 41.8 Å². The van der Waals surface area contributed by atoms with Crippen LogP contribution in [0.3, 0.4) is 0 Å². The molecule has 1 aromatic carbocycles. The van der Waals surface area contributed by atoms with E-state index >= 15 is 0 Å². The third kappa shape index (κ3) is 3.77. The second-order valence-electron chi connectivity index (χ2n) is 4.20. The van der Waals surface area contributed by atoms with Gasteiger partial charge in [0.05, 0.1) is 12.9 Å². The van der Waals surface area contributed by atoms with Crippen LogP contribution in [0.2, 0.25) is 0 Å². The summed E-state index contributed by atoms with van der Waals surface area (Å²) in [6.45, 7) is 0.462. The van der Waals surface area contributed by atoms with Gasteiger partial charge in [-0.25, -0.2) is 4.98 Å². The third-order valence-electron chi connectivity index (χ3n) is 2.78. The van der Waals surface area contributed by atoms with Gasteiger partial charge in [0.1, 0.15) is 5.75 Å². The fourth-order valence-corrected chi connectivity index (χ4v) is 2.48. The number of carbonyl (C=O) groups is 1. The molecule has 2 rings (SSSR count). The quantitative estimate of drug-likeness (QED) is 0.825. The molecular weight excluding hydrogens is 274 g/mol. The molecule has 0 bridgehead atoms. The van der Waals surface area contributed by atoms with Crippen molar-refractivity contribution in [3.05, 3.63) is 42.2 Å². The zero-order chi connectivity index (χ0) is 14.4. The van der Waals surface area contributed by atoms with Gasteiger partial charge in [-0.05, 0) is 6.07 Å². The second kappa shape index (κ2) is 7.00. The number of hydrogen-bond donors (Lipinski definition) is 1. The van der Waals surface area contributed by atoms with E-state index in [1.807, 2.05) is 42.1 Å². The molecule has 0 radical (unpaired) electrons. The maximum absolute atomic E-state index is 11.8. The van der Waals surface area contributed by atoms with Crippen LogP contribution in [-0.4, -0.2) is 28.3 Å². The van der Waals surface area contributed by atoms with Crippen LogP contribution in [0.1, 0.15) is 5.56 Å². The summed E-state index contributed by atoms with van der Waals surface area (Å²) in [4.78, 5) is 16.0. The van der Waals surface area contributed by atoms with Gasteiger partial charge in [-0.3, -0.25) is 4.79 Å². The van der Waals surface area contributed by atoms with Crippen LogP contribution >= 0.6 is 11.8 Å². The number of benzene rings is 1. The van der Waals surface area contributed by atoms with Crippen LogP contribution in [0, 0.1) is 0 Å². The second-order valence-corrected chi connectivity index (χ2v) is 5.14. The van der Waals surface area contributed by atoms with E-state index < -0.39 is 0 Å². The van der Waals surface area contributed by atoms with E-state index in [0.29, 0.717) is 12.3 Å². The number of aromatic nitrogens is 2. The van der Waals surface area contributed by atoms with Crippen LogP contribution in [-0.2, 0) is 18.4 Å². The van der Waals surface area contributed by atoms with Gasteiger partial charge in [-0.1, -0.05) is 30.0 Å². The maximum atomic E-state index is 11.8. The molecule has 0 spiro atoms. The Morgan fingerprint density at radius 2 is 2.25 bits per heavy atom. The average molecular weight is 291 g/mol. The van der Waals surface area contributed by atoms with Crippen LogP contribution < -0.4 is 10.1 Å². The van der Waals surface area contributed by atoms with Crippen LogP contribution in [0.5, 0.6) is 5.75 Å². The lowest BCUT2D eigenvalue weighted by atomic mass is 10.2. The Labute approximate surface area is 122 Å². The molecule has 0 saturated heterocycles. The van der Waals surface area contributed by atoms with Crippen molar-refractivity contribution >= 4 is 17.7 Å². The Morgan fingerprint density at radius 3 is 2.95 bits per heavy atom. The van der Waals surface area contributed by atoms with Gasteiger partial charge in [0.25, 0.3) is 0 Å². The number of thioether (sulfide) groups is 1. The Morgan fingerprint density at radius 1 is 1.45 bits per heavy atom. The van der Waals surface area contributed by atoms with E-state index in [1.165, 1.54) is 11.8 Å². The number of para-hydroxylation sites is 1. The van der Waals surface area contributed by atoms with E-state index in [-0.39, 0.29) is 5.91 Å². The Hall–Kier alpha value is -1.95. The molecule has 0 aliphatic heterocycles. The average Bonchev–Trinajstić information content (AvgIpc) is 2.88. The zero-order valence-electron chi connectivity index (χ0n) is 11.5. The summed E-state index contributed by atoms with van der Waals surface area (Å²) in [5.74, 6) is 1.11. The summed E-state index contributed by atoms with van der Waals surface area (Å²) in [7, 11) is 3.53. The van der Waals surface area contributed by atoms with Gasteiger partial charge in [-0.2, -0.15) is 0 Å². The molecule has 2 aromatic rings. The van der Waals surface area contributed by atoms with Gasteiger partial charge < -0.3 is 14.6 Å². The van der Waals surface area contributed by atoms with Crippen molar-refractivity contribution in [3.8, 4) is 5.75 Å². The maximum Gasteiger partial charge on any atom is 0.230 e. The predicted molar refractivity (Wildman–Crippen MR) is 78.8 cm³/mol. The molecule has 1 aromatic heterocycles. The first-order chi connectivity index (χ1) is 9.70. The molecule has 1 N–H and O–H groups in total. The predicted octanol–water partition coefficient (Wildman–Crippen LogP) is 1.84. The Bertz CT molecular complexity index is 583. The largest absolute Gasteiger partial charge is 0.496 e. The number of hydrogen-bond acceptors (Lipinski definition) is 4. The monoisotopic (exact) mass is 291 g/mol. The number of amides is 1. The van der Waals surface area contributed by atoms with E-state index in [1.54, 1.807) is 13.3 Å². The van der Waals surface area contributed by atoms with Crippen molar-refractivity contribution in [1.82, 2.24) is 14.9 Å². The van der Waals surface area contributed by atoms with Gasteiger partial charge in [0.15, 0.2) is 5.16 Å². The topological polar surface area (TPSA) is 56.1 Å². The summed E-state index contributed by atoms with van der Waals surface area (Å²) in [5, 5.41) is 3.71. The first-order valence-electron chi connectivity index (χ1n) is 6.19. The number of aryl methyl sites for hydroxylation is 1. The summed E-state index contributed by atoms with van der Waals surface area (Å²) in [6.07, 6.45) is 3.57. The summed E-state index contributed by atoms with van der Waals surface area (Å²) in [6, 6.07) is 7.64. The molecule has 106 valence electrons. The van der Waals surface area contributed by atoms with Gasteiger partial charge in [0, 0.05) is 31.5 Å². The SMILES string of the molecule is COc1ccccc1CNC(=O)CSc1nccn1C. The Balaban J connectivity index is 1.82. The third-order valence-corrected chi connectivity index (χ3v) is 3.84. The number of rotatable bonds is 6. The first-order valence-corrected chi connectivity index (χ1v) is 7.18. The number of ether oxygens (including phenoxy) is 1. The van der Waals surface area contributed by atoms with Crippen molar-refractivity contribution in [2.24, 2.45) is 7.05 Å². The number of nitrogens with zero attached hydrogens (tertiary/aromatic N) is 2. The Kier molecular flexibility index (Phi) is 5.06. The number of carbonyl (C=O) groups excluding carboxylic acids is 1. The zero-order valence-corrected chi connectivity index (χ0v) is 12.3. The van der Waals surface area contributed by atoms with E-state index in [4.69, 9.17) is 4.74 Å². The summed E-state index contributed by atoms with van der Waals surface area (Å²) >= 11 is 1.42. The molecule has 0 aliphatic carbocycles. The molecule has 0 aliphatic rings. The fourth-order valence-electron chi connectivity index (χ4n) is 1.71. The molecule has 5 nitrogen and oxygen atoms in total. The molecule has 20 heavy (non-hydrogen) atoms. The molecule has 1 amide bonds. The molecule has 0 unspecified atom stereocenters. The van der Waals surface area contributed by atoms with Crippen molar-refractivity contribution < 1.29 is 9.53 Å². The van der Waals surface area contributed by atoms with Crippen molar-refractivity contribution in [2.75, 3.05) is 12.9 Å². The number of methoxy groups -OCH3 is 1. The molecule has 0 saturated carbocycles. The fraction of sp³-hybridized carbons (Fsp3) is 0.286. The highest BCUT2D eigenvalue weighted by atomic mass is 32.2. The molecular formula is C14H17N3O2S. The normalized spacial score (nSPS) is 10.3. The smallest absolute Gasteiger partial charge is 0.230 e. The highest BCUT2D eigenvalue weighted by Gasteiger charge is 2.07. The lowest BCUT2D eigenvalue weighted by Crippen LogP contribution is -2.24. The van der Waals surface area contributed by atoms with Gasteiger partial charge in [0.2, 0.25) is 5.91 Å². The summed E-state index contributed by atoms with van der Waals surface area (Å²) < 4.78 is 7.13. The molecule has 0 atom stereocenters. The highest BCUT2D eigenvalue weighted by molar-refractivity contribution is 7.99. The van der Waals surface area contributed by atoms with Crippen molar-refractivity contribution in [3.63, 3.8) is 0 Å². The molecule has 0 fully saturated rings. The standard InChI is InChI=1S/C14H17N3O2S/c1-17-8-7-15-14(17)20-10-13(18)16-9-11-5-3-4-6-12(11)19-2/h3-8H,9-10H2,1-2H3,(H,16,18). The minimum atomic E-state index is -0.0242. The highest BCUT2D eigenvalue weighted by Crippen LogP contribution is 2.17. The van der Waals surface area contributed by atoms with E-state index in [2.05, 4.69) is 10.3 Å². The van der Waals surface area contributed by atoms with Gasteiger partial charge >= 0.3 is 0 Å².